The summed E-state index contributed by atoms with van der Waals surface area (Å²) in [6.45, 7) is 4.46. The summed E-state index contributed by atoms with van der Waals surface area (Å²) in [6.07, 6.45) is 6.59. The molecule has 0 aliphatic carbocycles. The van der Waals surface area contributed by atoms with Crippen LogP contribution >= 0.6 is 0 Å². The number of nitrogens with two attached hydrogens (primary N) is 1. The van der Waals surface area contributed by atoms with E-state index in [1.165, 1.54) is 31.4 Å². The van der Waals surface area contributed by atoms with Crippen LogP contribution in [0, 0.1) is 5.82 Å². The SMILES string of the molecule is CN(CCCCCCN)CCN(Cc1ccc(F)cc1)c1ccccn1. The molecule has 0 fully saturated rings. The molecule has 142 valence electrons. The summed E-state index contributed by atoms with van der Waals surface area (Å²) in [5.74, 6) is 0.751. The lowest BCUT2D eigenvalue weighted by molar-refractivity contribution is 0.328. The number of pyridine rings is 1. The summed E-state index contributed by atoms with van der Waals surface area (Å²) in [6, 6.07) is 12.7. The van der Waals surface area contributed by atoms with Gasteiger partial charge in [0.15, 0.2) is 0 Å². The van der Waals surface area contributed by atoms with Gasteiger partial charge in [0, 0.05) is 25.8 Å². The lowest BCUT2D eigenvalue weighted by Crippen LogP contribution is -2.34. The fourth-order valence-corrected chi connectivity index (χ4v) is 2.91. The molecule has 1 aromatic heterocycles. The molecule has 0 amide bonds. The van der Waals surface area contributed by atoms with E-state index < -0.39 is 0 Å². The van der Waals surface area contributed by atoms with E-state index in [-0.39, 0.29) is 5.82 Å². The van der Waals surface area contributed by atoms with Gasteiger partial charge in [0.1, 0.15) is 11.6 Å². The maximum absolute atomic E-state index is 13.2. The highest BCUT2D eigenvalue weighted by molar-refractivity contribution is 5.39. The Morgan fingerprint density at radius 2 is 1.69 bits per heavy atom. The number of halogens is 1. The van der Waals surface area contributed by atoms with Crippen molar-refractivity contribution in [3.63, 3.8) is 0 Å². The van der Waals surface area contributed by atoms with Crippen molar-refractivity contribution < 1.29 is 4.39 Å². The van der Waals surface area contributed by atoms with Crippen LogP contribution in [0.5, 0.6) is 0 Å². The lowest BCUT2D eigenvalue weighted by Gasteiger charge is -2.27. The second-order valence-corrected chi connectivity index (χ2v) is 6.74. The van der Waals surface area contributed by atoms with Crippen LogP contribution in [-0.4, -0.2) is 43.1 Å². The predicted octanol–water partition coefficient (Wildman–Crippen LogP) is 3.68. The summed E-state index contributed by atoms with van der Waals surface area (Å²) >= 11 is 0. The van der Waals surface area contributed by atoms with Gasteiger partial charge in [-0.2, -0.15) is 0 Å². The Balaban J connectivity index is 1.87. The Kier molecular flexibility index (Phi) is 9.07. The monoisotopic (exact) mass is 358 g/mol. The zero-order valence-electron chi connectivity index (χ0n) is 15.8. The molecule has 4 nitrogen and oxygen atoms in total. The molecule has 0 unspecified atom stereocenters. The van der Waals surface area contributed by atoms with Gasteiger partial charge in [-0.3, -0.25) is 0 Å². The van der Waals surface area contributed by atoms with Crippen molar-refractivity contribution >= 4 is 5.82 Å². The molecular formula is C21H31FN4. The van der Waals surface area contributed by atoms with E-state index >= 15 is 0 Å². The van der Waals surface area contributed by atoms with Crippen molar-refractivity contribution in [1.29, 1.82) is 0 Å². The third kappa shape index (κ3) is 7.50. The Hall–Kier alpha value is -1.98. The van der Waals surface area contributed by atoms with E-state index in [1.54, 1.807) is 0 Å². The molecule has 2 aromatic rings. The number of hydrogen-bond donors (Lipinski definition) is 1. The summed E-state index contributed by atoms with van der Waals surface area (Å²) < 4.78 is 13.2. The zero-order chi connectivity index (χ0) is 18.6. The maximum atomic E-state index is 13.2. The van der Waals surface area contributed by atoms with Crippen LogP contribution in [0.1, 0.15) is 31.2 Å². The van der Waals surface area contributed by atoms with E-state index in [4.69, 9.17) is 5.73 Å². The standard InChI is InChI=1S/C21H31FN4/c1-25(15-7-3-2-5-13-23)16-17-26(21-8-4-6-14-24-21)18-19-9-11-20(22)12-10-19/h4,6,8-12,14H,2-3,5,7,13,15-18,23H2,1H3. The first kappa shape index (κ1) is 20.3. The largest absolute Gasteiger partial charge is 0.351 e. The van der Waals surface area contributed by atoms with Crippen LogP contribution in [0.3, 0.4) is 0 Å². The molecule has 0 atom stereocenters. The average molecular weight is 359 g/mol. The van der Waals surface area contributed by atoms with Crippen LogP contribution < -0.4 is 10.6 Å². The summed E-state index contributed by atoms with van der Waals surface area (Å²) in [5, 5.41) is 0. The molecule has 2 rings (SSSR count). The van der Waals surface area contributed by atoms with Crippen molar-refractivity contribution in [2.45, 2.75) is 32.2 Å². The van der Waals surface area contributed by atoms with E-state index in [0.717, 1.165) is 50.5 Å². The Morgan fingerprint density at radius 3 is 2.38 bits per heavy atom. The number of rotatable bonds is 12. The number of aromatic nitrogens is 1. The van der Waals surface area contributed by atoms with Crippen molar-refractivity contribution in [3.05, 3.63) is 60.0 Å². The molecule has 0 radical (unpaired) electrons. The average Bonchev–Trinajstić information content (AvgIpc) is 2.67. The Bertz CT molecular complexity index is 603. The molecule has 5 heteroatoms. The predicted molar refractivity (Wildman–Crippen MR) is 107 cm³/mol. The number of likely N-dealkylation sites (N-methyl/N-ethyl adjacent to an activating group) is 1. The fourth-order valence-electron chi connectivity index (χ4n) is 2.91. The molecule has 0 saturated heterocycles. The quantitative estimate of drug-likeness (QED) is 0.588. The summed E-state index contributed by atoms with van der Waals surface area (Å²) in [4.78, 5) is 9.10. The minimum atomic E-state index is -0.201. The topological polar surface area (TPSA) is 45.4 Å². The van der Waals surface area contributed by atoms with E-state index in [9.17, 15) is 4.39 Å². The third-order valence-corrected chi connectivity index (χ3v) is 4.51. The van der Waals surface area contributed by atoms with Crippen LogP contribution in [0.25, 0.3) is 0 Å². The lowest BCUT2D eigenvalue weighted by atomic mass is 10.2. The molecule has 0 saturated carbocycles. The normalized spacial score (nSPS) is 11.1. The first-order valence-corrected chi connectivity index (χ1v) is 9.48. The van der Waals surface area contributed by atoms with E-state index in [0.29, 0.717) is 0 Å². The summed E-state index contributed by atoms with van der Waals surface area (Å²) in [5.41, 5.74) is 6.62. The van der Waals surface area contributed by atoms with Crippen molar-refractivity contribution in [1.82, 2.24) is 9.88 Å². The third-order valence-electron chi connectivity index (χ3n) is 4.51. The molecule has 1 aromatic carbocycles. The number of hydrogen-bond acceptors (Lipinski definition) is 4. The van der Waals surface area contributed by atoms with Crippen LogP contribution in [0.2, 0.25) is 0 Å². The minimum absolute atomic E-state index is 0.201. The van der Waals surface area contributed by atoms with Crippen molar-refractivity contribution in [3.8, 4) is 0 Å². The molecule has 26 heavy (non-hydrogen) atoms. The molecule has 0 bridgehead atoms. The van der Waals surface area contributed by atoms with Gasteiger partial charge < -0.3 is 15.5 Å². The molecule has 0 aliphatic rings. The van der Waals surface area contributed by atoms with E-state index in [2.05, 4.69) is 21.8 Å². The first-order chi connectivity index (χ1) is 12.7. The van der Waals surface area contributed by atoms with Crippen LogP contribution in [-0.2, 0) is 6.54 Å². The highest BCUT2D eigenvalue weighted by Crippen LogP contribution is 2.14. The van der Waals surface area contributed by atoms with Gasteiger partial charge >= 0.3 is 0 Å². The van der Waals surface area contributed by atoms with Gasteiger partial charge in [-0.25, -0.2) is 9.37 Å². The fraction of sp³-hybridized carbons (Fsp3) is 0.476. The first-order valence-electron chi connectivity index (χ1n) is 9.48. The van der Waals surface area contributed by atoms with Gasteiger partial charge in [-0.05, 0) is 62.8 Å². The Labute approximate surface area is 156 Å². The van der Waals surface area contributed by atoms with Crippen molar-refractivity contribution in [2.24, 2.45) is 5.73 Å². The molecule has 2 N–H and O–H groups in total. The highest BCUT2D eigenvalue weighted by atomic mass is 19.1. The smallest absolute Gasteiger partial charge is 0.128 e. The maximum Gasteiger partial charge on any atom is 0.128 e. The van der Waals surface area contributed by atoms with Gasteiger partial charge in [-0.15, -0.1) is 0 Å². The number of unbranched alkanes of at least 4 members (excludes halogenated alkanes) is 3. The number of anilines is 1. The van der Waals surface area contributed by atoms with Gasteiger partial charge in [-0.1, -0.05) is 31.0 Å². The zero-order valence-corrected chi connectivity index (χ0v) is 15.8. The Morgan fingerprint density at radius 1 is 0.923 bits per heavy atom. The van der Waals surface area contributed by atoms with Crippen molar-refractivity contribution in [2.75, 3.05) is 38.1 Å². The molecule has 0 aliphatic heterocycles. The van der Waals surface area contributed by atoms with Gasteiger partial charge in [0.2, 0.25) is 0 Å². The minimum Gasteiger partial charge on any atom is -0.351 e. The summed E-state index contributed by atoms with van der Waals surface area (Å²) in [7, 11) is 2.16. The highest BCUT2D eigenvalue weighted by Gasteiger charge is 2.10. The molecule has 0 spiro atoms. The molecular weight excluding hydrogens is 327 g/mol. The van der Waals surface area contributed by atoms with E-state index in [1.807, 2.05) is 36.5 Å². The van der Waals surface area contributed by atoms with Crippen LogP contribution in [0.15, 0.2) is 48.7 Å². The second kappa shape index (κ2) is 11.6. The second-order valence-electron chi connectivity index (χ2n) is 6.74. The number of benzene rings is 1. The van der Waals surface area contributed by atoms with Gasteiger partial charge in [0.05, 0.1) is 0 Å². The number of nitrogens with zero attached hydrogens (tertiary/aromatic N) is 3. The van der Waals surface area contributed by atoms with Gasteiger partial charge in [0.25, 0.3) is 0 Å². The molecule has 1 heterocycles. The van der Waals surface area contributed by atoms with Crippen LogP contribution in [0.4, 0.5) is 10.2 Å².